The number of nitrogens with zero attached hydrogens (tertiary/aromatic N) is 2. The molecule has 0 saturated carbocycles. The maximum absolute atomic E-state index is 12.5. The van der Waals surface area contributed by atoms with E-state index in [2.05, 4.69) is 52.0 Å². The first-order chi connectivity index (χ1) is 11.1. The van der Waals surface area contributed by atoms with Crippen LogP contribution in [-0.2, 0) is 6.54 Å². The predicted octanol–water partition coefficient (Wildman–Crippen LogP) is 3.72. The van der Waals surface area contributed by atoms with Crippen LogP contribution in [0.25, 0.3) is 0 Å². The van der Waals surface area contributed by atoms with Crippen molar-refractivity contribution in [3.05, 3.63) is 69.7 Å². The highest BCUT2D eigenvalue weighted by atomic mass is 79.9. The molecule has 23 heavy (non-hydrogen) atoms. The molecule has 1 saturated heterocycles. The third-order valence-corrected chi connectivity index (χ3v) is 4.71. The maximum atomic E-state index is 12.5. The fourth-order valence-electron chi connectivity index (χ4n) is 2.98. The van der Waals surface area contributed by atoms with Crippen LogP contribution in [0.3, 0.4) is 0 Å². The molecule has 4 heteroatoms. The molecule has 1 amide bonds. The summed E-state index contributed by atoms with van der Waals surface area (Å²) >= 11 is 3.43. The lowest BCUT2D eigenvalue weighted by atomic mass is 10.1. The number of rotatable bonds is 3. The molecule has 0 bridgehead atoms. The molecule has 0 atom stereocenters. The molecule has 0 unspecified atom stereocenters. The van der Waals surface area contributed by atoms with E-state index < -0.39 is 0 Å². The van der Waals surface area contributed by atoms with Crippen molar-refractivity contribution in [1.82, 2.24) is 9.80 Å². The molecule has 0 aliphatic carbocycles. The molecule has 120 valence electrons. The average Bonchev–Trinajstić information content (AvgIpc) is 2.55. The third kappa shape index (κ3) is 4.21. The summed E-state index contributed by atoms with van der Waals surface area (Å²) in [5.74, 6) is 0.126. The summed E-state index contributed by atoms with van der Waals surface area (Å²) in [6.45, 7) is 6.51. The van der Waals surface area contributed by atoms with Crippen molar-refractivity contribution in [2.45, 2.75) is 13.5 Å². The lowest BCUT2D eigenvalue weighted by Crippen LogP contribution is -2.48. The minimum absolute atomic E-state index is 0.126. The highest BCUT2D eigenvalue weighted by Crippen LogP contribution is 2.16. The Morgan fingerprint density at radius 2 is 1.78 bits per heavy atom. The summed E-state index contributed by atoms with van der Waals surface area (Å²) < 4.78 is 0.946. The summed E-state index contributed by atoms with van der Waals surface area (Å²) in [5, 5.41) is 0. The Morgan fingerprint density at radius 1 is 1.04 bits per heavy atom. The zero-order valence-electron chi connectivity index (χ0n) is 13.3. The molecule has 3 rings (SSSR count). The molecule has 1 fully saturated rings. The van der Waals surface area contributed by atoms with Crippen molar-refractivity contribution in [3.8, 4) is 0 Å². The molecule has 0 spiro atoms. The van der Waals surface area contributed by atoms with E-state index >= 15 is 0 Å². The van der Waals surface area contributed by atoms with Crippen LogP contribution in [0.5, 0.6) is 0 Å². The molecule has 0 radical (unpaired) electrons. The number of piperazine rings is 1. The average molecular weight is 373 g/mol. The molecule has 0 aromatic heterocycles. The number of benzene rings is 2. The molecule has 2 aromatic rings. The standard InChI is InChI=1S/C19H21BrN2O/c1-15-4-2-5-16(12-15)14-21-8-10-22(11-9-21)19(23)17-6-3-7-18(20)13-17/h2-7,12-13H,8-11,14H2,1H3. The summed E-state index contributed by atoms with van der Waals surface area (Å²) in [4.78, 5) is 16.9. The first kappa shape index (κ1) is 16.2. The van der Waals surface area contributed by atoms with Crippen molar-refractivity contribution in [1.29, 1.82) is 0 Å². The molecular weight excluding hydrogens is 352 g/mol. The van der Waals surface area contributed by atoms with E-state index in [1.807, 2.05) is 29.2 Å². The molecule has 1 aliphatic rings. The molecule has 1 heterocycles. The van der Waals surface area contributed by atoms with E-state index in [0.29, 0.717) is 0 Å². The van der Waals surface area contributed by atoms with Crippen molar-refractivity contribution in [2.24, 2.45) is 0 Å². The zero-order chi connectivity index (χ0) is 16.2. The van der Waals surface area contributed by atoms with Gasteiger partial charge >= 0.3 is 0 Å². The summed E-state index contributed by atoms with van der Waals surface area (Å²) in [6.07, 6.45) is 0. The van der Waals surface area contributed by atoms with Crippen LogP contribution >= 0.6 is 15.9 Å². The van der Waals surface area contributed by atoms with Gasteiger partial charge in [0.2, 0.25) is 0 Å². The number of carbonyl (C=O) groups is 1. The van der Waals surface area contributed by atoms with Crippen LogP contribution in [0.15, 0.2) is 53.0 Å². The number of hydrogen-bond donors (Lipinski definition) is 0. The molecule has 2 aromatic carbocycles. The minimum Gasteiger partial charge on any atom is -0.336 e. The Morgan fingerprint density at radius 3 is 2.48 bits per heavy atom. The van der Waals surface area contributed by atoms with Gasteiger partial charge in [-0.25, -0.2) is 0 Å². The normalized spacial score (nSPS) is 15.7. The maximum Gasteiger partial charge on any atom is 0.253 e. The van der Waals surface area contributed by atoms with Gasteiger partial charge < -0.3 is 4.90 Å². The molecule has 0 N–H and O–H groups in total. The van der Waals surface area contributed by atoms with E-state index in [0.717, 1.165) is 42.8 Å². The Balaban J connectivity index is 1.57. The fourth-order valence-corrected chi connectivity index (χ4v) is 3.38. The summed E-state index contributed by atoms with van der Waals surface area (Å²) in [6, 6.07) is 16.3. The fraction of sp³-hybridized carbons (Fsp3) is 0.316. The number of amides is 1. The van der Waals surface area contributed by atoms with Crippen LogP contribution in [-0.4, -0.2) is 41.9 Å². The zero-order valence-corrected chi connectivity index (χ0v) is 14.9. The van der Waals surface area contributed by atoms with Gasteiger partial charge in [-0.15, -0.1) is 0 Å². The monoisotopic (exact) mass is 372 g/mol. The van der Waals surface area contributed by atoms with Gasteiger partial charge in [0.15, 0.2) is 0 Å². The van der Waals surface area contributed by atoms with Gasteiger partial charge in [-0.1, -0.05) is 51.8 Å². The van der Waals surface area contributed by atoms with Crippen molar-refractivity contribution < 1.29 is 4.79 Å². The summed E-state index contributed by atoms with van der Waals surface area (Å²) in [7, 11) is 0. The van der Waals surface area contributed by atoms with Gasteiger partial charge in [0.1, 0.15) is 0 Å². The Hall–Kier alpha value is -1.65. The second-order valence-corrected chi connectivity index (χ2v) is 6.98. The first-order valence-corrected chi connectivity index (χ1v) is 8.74. The largest absolute Gasteiger partial charge is 0.336 e. The van der Waals surface area contributed by atoms with Crippen LogP contribution in [0.4, 0.5) is 0 Å². The first-order valence-electron chi connectivity index (χ1n) is 7.94. The van der Waals surface area contributed by atoms with E-state index in [1.54, 1.807) is 0 Å². The number of aryl methyl sites for hydroxylation is 1. The Labute approximate surface area is 146 Å². The molecular formula is C19H21BrN2O. The lowest BCUT2D eigenvalue weighted by molar-refractivity contribution is 0.0628. The van der Waals surface area contributed by atoms with E-state index in [9.17, 15) is 4.79 Å². The van der Waals surface area contributed by atoms with E-state index in [-0.39, 0.29) is 5.91 Å². The Kier molecular flexibility index (Phi) is 5.13. The molecule has 3 nitrogen and oxygen atoms in total. The van der Waals surface area contributed by atoms with Gasteiger partial charge in [-0.2, -0.15) is 0 Å². The second-order valence-electron chi connectivity index (χ2n) is 6.07. The quantitative estimate of drug-likeness (QED) is 0.819. The Bertz CT molecular complexity index is 693. The topological polar surface area (TPSA) is 23.6 Å². The van der Waals surface area contributed by atoms with Crippen LogP contribution in [0, 0.1) is 6.92 Å². The lowest BCUT2D eigenvalue weighted by Gasteiger charge is -2.34. The molecule has 1 aliphatic heterocycles. The van der Waals surface area contributed by atoms with Crippen molar-refractivity contribution in [2.75, 3.05) is 26.2 Å². The SMILES string of the molecule is Cc1cccc(CN2CCN(C(=O)c3cccc(Br)c3)CC2)c1. The van der Waals surface area contributed by atoms with Gasteiger partial charge in [-0.3, -0.25) is 9.69 Å². The minimum atomic E-state index is 0.126. The smallest absolute Gasteiger partial charge is 0.253 e. The van der Waals surface area contributed by atoms with E-state index in [4.69, 9.17) is 0 Å². The van der Waals surface area contributed by atoms with Crippen molar-refractivity contribution in [3.63, 3.8) is 0 Å². The highest BCUT2D eigenvalue weighted by Gasteiger charge is 2.22. The number of halogens is 1. The summed E-state index contributed by atoms with van der Waals surface area (Å²) in [5.41, 5.74) is 3.40. The van der Waals surface area contributed by atoms with Crippen molar-refractivity contribution >= 4 is 21.8 Å². The highest BCUT2D eigenvalue weighted by molar-refractivity contribution is 9.10. The number of carbonyl (C=O) groups excluding carboxylic acids is 1. The van der Waals surface area contributed by atoms with Gasteiger partial charge in [0.05, 0.1) is 0 Å². The van der Waals surface area contributed by atoms with Gasteiger partial charge in [-0.05, 0) is 30.7 Å². The van der Waals surface area contributed by atoms with Crippen LogP contribution in [0.2, 0.25) is 0 Å². The van der Waals surface area contributed by atoms with Gasteiger partial charge in [0, 0.05) is 42.8 Å². The van der Waals surface area contributed by atoms with Gasteiger partial charge in [0.25, 0.3) is 5.91 Å². The van der Waals surface area contributed by atoms with Crippen LogP contribution in [0.1, 0.15) is 21.5 Å². The van der Waals surface area contributed by atoms with Crippen LogP contribution < -0.4 is 0 Å². The third-order valence-electron chi connectivity index (χ3n) is 4.22. The van der Waals surface area contributed by atoms with E-state index in [1.165, 1.54) is 11.1 Å². The number of hydrogen-bond acceptors (Lipinski definition) is 2. The predicted molar refractivity (Wildman–Crippen MR) is 96.5 cm³/mol. The second kappa shape index (κ2) is 7.28.